The zero-order valence-corrected chi connectivity index (χ0v) is 18.4. The van der Waals surface area contributed by atoms with E-state index in [2.05, 4.69) is 15.0 Å². The van der Waals surface area contributed by atoms with Crippen LogP contribution < -0.4 is 0 Å². The zero-order chi connectivity index (χ0) is 17.6. The Morgan fingerprint density at radius 3 is 1.18 bits per heavy atom. The third-order valence-corrected chi connectivity index (χ3v) is 7.29. The second-order valence-corrected chi connectivity index (χ2v) is 11.6. The maximum Gasteiger partial charge on any atom is 0.230 e. The Balaban J connectivity index is 3.57. The van der Waals surface area contributed by atoms with Crippen molar-refractivity contribution >= 4 is 128 Å². The SMILES string of the molecule is CSc1nc(C(Cl)(Cl)C(Cl)(Cl)Cl)nc(C(Cl)(Cl)C(Cl)(Cl)Cl)n1. The van der Waals surface area contributed by atoms with Gasteiger partial charge in [0.25, 0.3) is 0 Å². The minimum absolute atomic E-state index is 0.125. The van der Waals surface area contributed by atoms with Gasteiger partial charge in [0.1, 0.15) is 0 Å². The van der Waals surface area contributed by atoms with Gasteiger partial charge < -0.3 is 0 Å². The molecular weight excluding hydrogens is 525 g/mol. The van der Waals surface area contributed by atoms with Gasteiger partial charge in [0, 0.05) is 0 Å². The summed E-state index contributed by atoms with van der Waals surface area (Å²) in [6.45, 7) is 0. The van der Waals surface area contributed by atoms with Crippen LogP contribution in [0.1, 0.15) is 11.6 Å². The largest absolute Gasteiger partial charge is 0.230 e. The summed E-state index contributed by atoms with van der Waals surface area (Å²) in [6, 6.07) is 0. The lowest BCUT2D eigenvalue weighted by molar-refractivity contribution is 0.664. The van der Waals surface area contributed by atoms with Gasteiger partial charge in [-0.2, -0.15) is 0 Å². The Hall–Kier alpha value is 2.26. The van der Waals surface area contributed by atoms with Crippen LogP contribution in [-0.2, 0) is 8.67 Å². The highest BCUT2D eigenvalue weighted by molar-refractivity contribution is 7.98. The first kappa shape index (κ1) is 22.3. The van der Waals surface area contributed by atoms with Gasteiger partial charge >= 0.3 is 0 Å². The van der Waals surface area contributed by atoms with E-state index in [4.69, 9.17) is 116 Å². The molecule has 1 rings (SSSR count). The number of alkyl halides is 10. The molecule has 0 atom stereocenters. The molecule has 22 heavy (non-hydrogen) atoms. The molecule has 0 amide bonds. The number of thioether (sulfide) groups is 1. The first-order valence-corrected chi connectivity index (χ1v) is 9.85. The van der Waals surface area contributed by atoms with Gasteiger partial charge in [-0.1, -0.05) is 128 Å². The standard InChI is InChI=1S/C8H3Cl10N3S/c1-22-4-20-2(5(9,10)7(13,14)15)19-3(21-4)6(11,12)8(16,17)18/h1H3. The summed E-state index contributed by atoms with van der Waals surface area (Å²) in [7, 11) is 0. The smallest absolute Gasteiger partial charge is 0.211 e. The molecule has 0 aliphatic carbocycles. The summed E-state index contributed by atoms with van der Waals surface area (Å²) < 4.78 is -8.58. The van der Waals surface area contributed by atoms with Crippen molar-refractivity contribution < 1.29 is 0 Å². The van der Waals surface area contributed by atoms with Crippen LogP contribution in [0.5, 0.6) is 0 Å². The van der Waals surface area contributed by atoms with Crippen molar-refractivity contribution in [3.8, 4) is 0 Å². The van der Waals surface area contributed by atoms with Crippen LogP contribution in [0.15, 0.2) is 5.16 Å². The van der Waals surface area contributed by atoms with E-state index in [0.717, 1.165) is 11.8 Å². The highest BCUT2D eigenvalue weighted by atomic mass is 35.6. The molecule has 126 valence electrons. The molecule has 0 radical (unpaired) electrons. The van der Waals surface area contributed by atoms with Crippen molar-refractivity contribution in [1.82, 2.24) is 15.0 Å². The summed E-state index contributed by atoms with van der Waals surface area (Å²) in [5, 5.41) is 0.125. The lowest BCUT2D eigenvalue weighted by Crippen LogP contribution is -2.35. The molecule has 0 saturated heterocycles. The third kappa shape index (κ3) is 4.70. The van der Waals surface area contributed by atoms with Gasteiger partial charge in [-0.3, -0.25) is 0 Å². The Kier molecular flexibility index (Phi) is 7.58. The van der Waals surface area contributed by atoms with Crippen molar-refractivity contribution in [3.05, 3.63) is 11.6 Å². The summed E-state index contributed by atoms with van der Waals surface area (Å²) in [4.78, 5) is 11.8. The van der Waals surface area contributed by atoms with E-state index < -0.39 is 16.3 Å². The van der Waals surface area contributed by atoms with Gasteiger partial charge in [-0.25, -0.2) is 15.0 Å². The normalized spacial score (nSPS) is 14.3. The van der Waals surface area contributed by atoms with E-state index in [9.17, 15) is 0 Å². The van der Waals surface area contributed by atoms with Crippen molar-refractivity contribution in [2.45, 2.75) is 21.4 Å². The Morgan fingerprint density at radius 2 is 0.955 bits per heavy atom. The van der Waals surface area contributed by atoms with Crippen LogP contribution in [-0.4, -0.2) is 28.8 Å². The van der Waals surface area contributed by atoms with Crippen LogP contribution >= 0.6 is 128 Å². The van der Waals surface area contributed by atoms with Crippen LogP contribution in [0.3, 0.4) is 0 Å². The molecule has 0 aromatic carbocycles. The van der Waals surface area contributed by atoms with Crippen molar-refractivity contribution in [1.29, 1.82) is 0 Å². The molecule has 0 saturated carbocycles. The number of halogens is 10. The average molecular weight is 528 g/mol. The van der Waals surface area contributed by atoms with Crippen LogP contribution in [0.25, 0.3) is 0 Å². The molecule has 0 aliphatic heterocycles. The number of hydrogen-bond acceptors (Lipinski definition) is 4. The predicted molar refractivity (Wildman–Crippen MR) is 99.0 cm³/mol. The highest BCUT2D eigenvalue weighted by Crippen LogP contribution is 2.54. The molecule has 0 unspecified atom stereocenters. The van der Waals surface area contributed by atoms with E-state index in [1.54, 1.807) is 6.26 Å². The second kappa shape index (κ2) is 7.48. The number of rotatable bonds is 3. The maximum absolute atomic E-state index is 6.03. The summed E-state index contributed by atoms with van der Waals surface area (Å²) in [5.41, 5.74) is 0. The van der Waals surface area contributed by atoms with Crippen LogP contribution in [0.4, 0.5) is 0 Å². The van der Waals surface area contributed by atoms with Crippen LogP contribution in [0, 0.1) is 0 Å². The van der Waals surface area contributed by atoms with E-state index in [-0.39, 0.29) is 16.8 Å². The van der Waals surface area contributed by atoms with Gasteiger partial charge in [0.2, 0.25) is 16.3 Å². The fraction of sp³-hybridized carbons (Fsp3) is 0.625. The van der Waals surface area contributed by atoms with E-state index >= 15 is 0 Å². The van der Waals surface area contributed by atoms with E-state index in [0.29, 0.717) is 0 Å². The van der Waals surface area contributed by atoms with Gasteiger partial charge in [0.15, 0.2) is 16.8 Å². The molecule has 3 nitrogen and oxygen atoms in total. The fourth-order valence-electron chi connectivity index (χ4n) is 0.982. The van der Waals surface area contributed by atoms with Crippen molar-refractivity contribution in [2.75, 3.05) is 6.26 Å². The van der Waals surface area contributed by atoms with Crippen molar-refractivity contribution in [3.63, 3.8) is 0 Å². The average Bonchev–Trinajstić information content (AvgIpc) is 2.35. The molecule has 1 aromatic rings. The summed E-state index contributed by atoms with van der Waals surface area (Å²) in [5.74, 6) is -0.629. The van der Waals surface area contributed by atoms with Gasteiger partial charge in [0.05, 0.1) is 0 Å². The molecule has 0 aliphatic rings. The highest BCUT2D eigenvalue weighted by Gasteiger charge is 2.53. The molecule has 0 N–H and O–H groups in total. The first-order valence-electron chi connectivity index (χ1n) is 4.84. The Labute approximate surface area is 180 Å². The van der Waals surface area contributed by atoms with E-state index in [1.165, 1.54) is 0 Å². The topological polar surface area (TPSA) is 38.7 Å². The van der Waals surface area contributed by atoms with Crippen LogP contribution in [0.2, 0.25) is 0 Å². The van der Waals surface area contributed by atoms with Crippen molar-refractivity contribution in [2.24, 2.45) is 0 Å². The molecule has 0 bridgehead atoms. The number of nitrogens with zero attached hydrogens (tertiary/aromatic N) is 3. The monoisotopic (exact) mass is 523 g/mol. The fourth-order valence-corrected chi connectivity index (χ4v) is 2.18. The Morgan fingerprint density at radius 1 is 0.636 bits per heavy atom. The number of hydrogen-bond donors (Lipinski definition) is 0. The Bertz CT molecular complexity index is 508. The minimum atomic E-state index is -2.16. The quantitative estimate of drug-likeness (QED) is 0.328. The summed E-state index contributed by atoms with van der Waals surface area (Å²) in [6.07, 6.45) is 1.65. The second-order valence-electron chi connectivity index (χ2n) is 3.61. The number of aromatic nitrogens is 3. The third-order valence-electron chi connectivity index (χ3n) is 2.07. The minimum Gasteiger partial charge on any atom is -0.211 e. The molecule has 14 heteroatoms. The predicted octanol–water partition coefficient (Wildman–Crippen LogP) is 6.59. The van der Waals surface area contributed by atoms with Gasteiger partial charge in [-0.15, -0.1) is 0 Å². The molecule has 0 spiro atoms. The maximum atomic E-state index is 6.03. The van der Waals surface area contributed by atoms with Gasteiger partial charge in [-0.05, 0) is 6.26 Å². The lowest BCUT2D eigenvalue weighted by Gasteiger charge is -2.29. The molecule has 1 heterocycles. The molecule has 0 fully saturated rings. The molecular formula is C8H3Cl10N3S. The zero-order valence-electron chi connectivity index (χ0n) is 10.0. The summed E-state index contributed by atoms with van der Waals surface area (Å²) >= 11 is 59.6. The first-order chi connectivity index (χ1) is 9.64. The molecule has 1 aromatic heterocycles. The lowest BCUT2D eigenvalue weighted by atomic mass is 10.3. The van der Waals surface area contributed by atoms with E-state index in [1.807, 2.05) is 0 Å².